The highest BCUT2D eigenvalue weighted by molar-refractivity contribution is 6.30. The van der Waals surface area contributed by atoms with Crippen LogP contribution in [-0.4, -0.2) is 22.5 Å². The number of ether oxygens (including phenoxy) is 1. The molecule has 118 valence electrons. The molecule has 1 unspecified atom stereocenters. The highest BCUT2D eigenvalue weighted by Gasteiger charge is 2.13. The number of nitrogens with zero attached hydrogens (tertiary/aromatic N) is 1. The summed E-state index contributed by atoms with van der Waals surface area (Å²) < 4.78 is 5.42. The molecule has 6 heteroatoms. The summed E-state index contributed by atoms with van der Waals surface area (Å²) in [4.78, 5) is 19.6. The Kier molecular flexibility index (Phi) is 4.48. The third-order valence-electron chi connectivity index (χ3n) is 3.38. The van der Waals surface area contributed by atoms with Gasteiger partial charge in [0.2, 0.25) is 0 Å². The first-order valence-corrected chi connectivity index (χ1v) is 7.62. The second-order valence-corrected chi connectivity index (χ2v) is 5.61. The van der Waals surface area contributed by atoms with E-state index in [1.807, 2.05) is 31.2 Å². The molecule has 0 bridgehead atoms. The number of carbonyl (C=O) groups is 1. The van der Waals surface area contributed by atoms with E-state index < -0.39 is 0 Å². The maximum Gasteiger partial charge on any atom is 0.258 e. The van der Waals surface area contributed by atoms with Crippen LogP contribution in [0, 0.1) is 0 Å². The number of benzene rings is 2. The molecule has 23 heavy (non-hydrogen) atoms. The Hall–Kier alpha value is -2.53. The molecule has 0 saturated carbocycles. The molecule has 1 amide bonds. The van der Waals surface area contributed by atoms with Gasteiger partial charge in [0, 0.05) is 5.02 Å². The van der Waals surface area contributed by atoms with Gasteiger partial charge in [-0.1, -0.05) is 23.7 Å². The van der Waals surface area contributed by atoms with Gasteiger partial charge < -0.3 is 15.0 Å². The first kappa shape index (κ1) is 15.4. The van der Waals surface area contributed by atoms with Gasteiger partial charge in [0.05, 0.1) is 17.1 Å². The number of aromatic nitrogens is 2. The van der Waals surface area contributed by atoms with E-state index in [1.165, 1.54) is 0 Å². The molecule has 1 aromatic heterocycles. The Bertz CT molecular complexity index is 781. The minimum absolute atomic E-state index is 0.0633. The predicted molar refractivity (Wildman–Crippen MR) is 89.6 cm³/mol. The SMILES string of the molecule is CC(NC(=O)COc1ccc(Cl)cc1)c1nc2ccccc2[nH]1. The van der Waals surface area contributed by atoms with Crippen LogP contribution in [0.25, 0.3) is 11.0 Å². The molecule has 0 fully saturated rings. The van der Waals surface area contributed by atoms with E-state index >= 15 is 0 Å². The number of amides is 1. The molecular weight excluding hydrogens is 314 g/mol. The van der Waals surface area contributed by atoms with Gasteiger partial charge in [-0.05, 0) is 43.3 Å². The topological polar surface area (TPSA) is 67.0 Å². The minimum atomic E-state index is -0.233. The predicted octanol–water partition coefficient (Wildman–Crippen LogP) is 3.47. The van der Waals surface area contributed by atoms with E-state index in [1.54, 1.807) is 24.3 Å². The van der Waals surface area contributed by atoms with Crippen molar-refractivity contribution in [3.8, 4) is 5.75 Å². The van der Waals surface area contributed by atoms with Crippen molar-refractivity contribution in [1.29, 1.82) is 0 Å². The highest BCUT2D eigenvalue weighted by atomic mass is 35.5. The zero-order chi connectivity index (χ0) is 16.2. The number of halogens is 1. The molecule has 2 N–H and O–H groups in total. The van der Waals surface area contributed by atoms with Crippen LogP contribution in [0.15, 0.2) is 48.5 Å². The van der Waals surface area contributed by atoms with Gasteiger partial charge in [-0.2, -0.15) is 0 Å². The van der Waals surface area contributed by atoms with Crippen LogP contribution < -0.4 is 10.1 Å². The average molecular weight is 330 g/mol. The number of hydrogen-bond acceptors (Lipinski definition) is 3. The molecular formula is C17H16ClN3O2. The van der Waals surface area contributed by atoms with Crippen molar-refractivity contribution < 1.29 is 9.53 Å². The largest absolute Gasteiger partial charge is 0.484 e. The zero-order valence-electron chi connectivity index (χ0n) is 12.5. The minimum Gasteiger partial charge on any atom is -0.484 e. The Labute approximate surface area is 138 Å². The van der Waals surface area contributed by atoms with Crippen LogP contribution in [0.2, 0.25) is 5.02 Å². The van der Waals surface area contributed by atoms with Crippen LogP contribution in [0.5, 0.6) is 5.75 Å². The lowest BCUT2D eigenvalue weighted by molar-refractivity contribution is -0.123. The van der Waals surface area contributed by atoms with E-state index in [4.69, 9.17) is 16.3 Å². The molecule has 0 spiro atoms. The van der Waals surface area contributed by atoms with Crippen molar-refractivity contribution in [2.45, 2.75) is 13.0 Å². The van der Waals surface area contributed by atoms with Crippen molar-refractivity contribution in [3.63, 3.8) is 0 Å². The maximum absolute atomic E-state index is 12.0. The molecule has 3 rings (SSSR count). The lowest BCUT2D eigenvalue weighted by Gasteiger charge is -2.12. The number of rotatable bonds is 5. The molecule has 0 aliphatic carbocycles. The van der Waals surface area contributed by atoms with Gasteiger partial charge in [0.15, 0.2) is 6.61 Å². The summed E-state index contributed by atoms with van der Waals surface area (Å²) in [6.45, 7) is 1.81. The number of H-pyrrole nitrogens is 1. The molecule has 0 radical (unpaired) electrons. The van der Waals surface area contributed by atoms with E-state index in [0.717, 1.165) is 11.0 Å². The fourth-order valence-electron chi connectivity index (χ4n) is 2.21. The molecule has 3 aromatic rings. The van der Waals surface area contributed by atoms with Crippen molar-refractivity contribution in [2.75, 3.05) is 6.61 Å². The lowest BCUT2D eigenvalue weighted by atomic mass is 10.3. The number of carbonyl (C=O) groups excluding carboxylic acids is 1. The summed E-state index contributed by atoms with van der Waals surface area (Å²) in [5.74, 6) is 1.10. The van der Waals surface area contributed by atoms with Crippen LogP contribution in [0.1, 0.15) is 18.8 Å². The maximum atomic E-state index is 12.0. The second kappa shape index (κ2) is 6.71. The molecule has 0 aliphatic rings. The normalized spacial score (nSPS) is 12.1. The van der Waals surface area contributed by atoms with Crippen LogP contribution in [0.4, 0.5) is 0 Å². The molecule has 0 aliphatic heterocycles. The number of fused-ring (bicyclic) bond motifs is 1. The Morgan fingerprint density at radius 2 is 2.00 bits per heavy atom. The van der Waals surface area contributed by atoms with E-state index in [0.29, 0.717) is 16.6 Å². The standard InChI is InChI=1S/C17H16ClN3O2/c1-11(17-20-14-4-2-3-5-15(14)21-17)19-16(22)10-23-13-8-6-12(18)7-9-13/h2-9,11H,10H2,1H3,(H,19,22)(H,20,21). The number of aromatic amines is 1. The number of hydrogen-bond donors (Lipinski definition) is 2. The van der Waals surface area contributed by atoms with Gasteiger partial charge >= 0.3 is 0 Å². The number of nitrogens with one attached hydrogen (secondary N) is 2. The third-order valence-corrected chi connectivity index (χ3v) is 3.63. The van der Waals surface area contributed by atoms with Crippen LogP contribution >= 0.6 is 11.6 Å². The quantitative estimate of drug-likeness (QED) is 0.753. The van der Waals surface area contributed by atoms with Gasteiger partial charge in [-0.3, -0.25) is 4.79 Å². The van der Waals surface area contributed by atoms with Crippen molar-refractivity contribution >= 4 is 28.5 Å². The Balaban J connectivity index is 1.57. The molecule has 0 saturated heterocycles. The van der Waals surface area contributed by atoms with Crippen molar-refractivity contribution in [1.82, 2.24) is 15.3 Å². The smallest absolute Gasteiger partial charge is 0.258 e. The summed E-state index contributed by atoms with van der Waals surface area (Å²) in [5, 5.41) is 3.48. The molecule has 5 nitrogen and oxygen atoms in total. The summed E-state index contributed by atoms with van der Waals surface area (Å²) in [7, 11) is 0. The van der Waals surface area contributed by atoms with E-state index in [-0.39, 0.29) is 18.6 Å². The first-order chi connectivity index (χ1) is 11.1. The van der Waals surface area contributed by atoms with E-state index in [2.05, 4.69) is 15.3 Å². The fourth-order valence-corrected chi connectivity index (χ4v) is 2.33. The summed E-state index contributed by atoms with van der Waals surface area (Å²) in [6.07, 6.45) is 0. The van der Waals surface area contributed by atoms with Crippen LogP contribution in [-0.2, 0) is 4.79 Å². The van der Waals surface area contributed by atoms with Crippen LogP contribution in [0.3, 0.4) is 0 Å². The van der Waals surface area contributed by atoms with Gasteiger partial charge in [0.1, 0.15) is 11.6 Å². The molecule has 1 heterocycles. The Morgan fingerprint density at radius 3 is 2.74 bits per heavy atom. The lowest BCUT2D eigenvalue weighted by Crippen LogP contribution is -2.31. The van der Waals surface area contributed by atoms with Crippen molar-refractivity contribution in [2.24, 2.45) is 0 Å². The van der Waals surface area contributed by atoms with Gasteiger partial charge in [-0.15, -0.1) is 0 Å². The summed E-state index contributed by atoms with van der Waals surface area (Å²) >= 11 is 5.80. The molecule has 2 aromatic carbocycles. The van der Waals surface area contributed by atoms with Gasteiger partial charge in [0.25, 0.3) is 5.91 Å². The average Bonchev–Trinajstić information content (AvgIpc) is 2.98. The second-order valence-electron chi connectivity index (χ2n) is 5.17. The number of para-hydroxylation sites is 2. The van der Waals surface area contributed by atoms with E-state index in [9.17, 15) is 4.79 Å². The monoisotopic (exact) mass is 329 g/mol. The summed E-state index contributed by atoms with van der Waals surface area (Å²) in [6, 6.07) is 14.4. The zero-order valence-corrected chi connectivity index (χ0v) is 13.3. The molecule has 1 atom stereocenters. The third kappa shape index (κ3) is 3.81. The summed E-state index contributed by atoms with van der Waals surface area (Å²) in [5.41, 5.74) is 1.82. The van der Waals surface area contributed by atoms with Crippen molar-refractivity contribution in [3.05, 3.63) is 59.4 Å². The first-order valence-electron chi connectivity index (χ1n) is 7.24. The fraction of sp³-hybridized carbons (Fsp3) is 0.176. The number of imidazole rings is 1. The van der Waals surface area contributed by atoms with Gasteiger partial charge in [-0.25, -0.2) is 4.98 Å². The highest BCUT2D eigenvalue weighted by Crippen LogP contribution is 2.16. The Morgan fingerprint density at radius 1 is 1.26 bits per heavy atom.